The lowest BCUT2D eigenvalue weighted by molar-refractivity contribution is -0.173. The summed E-state index contributed by atoms with van der Waals surface area (Å²) >= 11 is 0. The van der Waals surface area contributed by atoms with Gasteiger partial charge in [-0.1, -0.05) is 61.8 Å². The predicted octanol–water partition coefficient (Wildman–Crippen LogP) is 8.27. The molecule has 10 saturated carbocycles. The zero-order valence-corrected chi connectivity index (χ0v) is 58.3. The van der Waals surface area contributed by atoms with E-state index < -0.39 is 83.5 Å². The summed E-state index contributed by atoms with van der Waals surface area (Å²) in [4.78, 5) is 148. The van der Waals surface area contributed by atoms with Crippen LogP contribution in [0.4, 0.5) is 0 Å². The van der Waals surface area contributed by atoms with Gasteiger partial charge in [0.05, 0.1) is 77.6 Å². The molecule has 28 atom stereocenters. The molecule has 0 radical (unpaired) electrons. The minimum absolute atomic E-state index is 0.0200. The number of fused-ring (bicyclic) bond motifs is 4. The van der Waals surface area contributed by atoms with Crippen LogP contribution in [0.2, 0.25) is 0 Å². The molecule has 10 aliphatic carbocycles. The molecule has 0 aromatic rings. The number of carbonyl (C=O) groups is 12. The lowest BCUT2D eigenvalue weighted by Gasteiger charge is -2.32. The van der Waals surface area contributed by atoms with E-state index in [1.807, 2.05) is 55.4 Å². The van der Waals surface area contributed by atoms with Crippen molar-refractivity contribution in [1.82, 2.24) is 0 Å². The van der Waals surface area contributed by atoms with E-state index in [0.717, 1.165) is 51.4 Å². The van der Waals surface area contributed by atoms with Crippen LogP contribution in [0.1, 0.15) is 192 Å². The first-order valence-electron chi connectivity index (χ1n) is 36.6. The molecule has 8 bridgehead atoms. The number of hydrogen-bond donors (Lipinski definition) is 0. The van der Waals surface area contributed by atoms with Gasteiger partial charge in [0.15, 0.2) is 0 Å². The molecular weight excluding hydrogens is 1260 g/mol. The highest BCUT2D eigenvalue weighted by Crippen LogP contribution is 2.63. The third kappa shape index (κ3) is 13.6. The highest BCUT2D eigenvalue weighted by Gasteiger charge is 2.74. The third-order valence-corrected chi connectivity index (χ3v) is 24.5. The van der Waals surface area contributed by atoms with E-state index in [0.29, 0.717) is 51.4 Å². The number of ether oxygens (including phenoxy) is 12. The van der Waals surface area contributed by atoms with E-state index in [4.69, 9.17) is 56.8 Å². The number of rotatable bonds is 19. The predicted molar refractivity (Wildman–Crippen MR) is 335 cm³/mol. The Morgan fingerprint density at radius 2 is 0.629 bits per heavy atom. The van der Waals surface area contributed by atoms with Crippen LogP contribution in [-0.2, 0) is 114 Å². The topological polar surface area (TPSA) is 316 Å². The Kier molecular flexibility index (Phi) is 21.6. The summed E-state index contributed by atoms with van der Waals surface area (Å²) in [5, 5.41) is 0. The van der Waals surface area contributed by atoms with Gasteiger partial charge >= 0.3 is 71.6 Å². The molecule has 4 heterocycles. The molecule has 97 heavy (non-hydrogen) atoms. The summed E-state index contributed by atoms with van der Waals surface area (Å²) in [5.41, 5.74) is -0.621. The Morgan fingerprint density at radius 1 is 0.371 bits per heavy atom. The van der Waals surface area contributed by atoms with Crippen molar-refractivity contribution >= 4 is 71.6 Å². The highest BCUT2D eigenvalue weighted by molar-refractivity contribution is 5.89. The van der Waals surface area contributed by atoms with Crippen molar-refractivity contribution in [2.45, 2.75) is 259 Å². The maximum atomic E-state index is 12.9. The van der Waals surface area contributed by atoms with Crippen molar-refractivity contribution in [2.75, 3.05) is 6.61 Å². The van der Waals surface area contributed by atoms with Crippen LogP contribution >= 0.6 is 0 Å². The van der Waals surface area contributed by atoms with Crippen molar-refractivity contribution in [1.29, 1.82) is 0 Å². The fourth-order valence-electron chi connectivity index (χ4n) is 18.8. The smallest absolute Gasteiger partial charge is 0.310 e. The van der Waals surface area contributed by atoms with Crippen molar-refractivity contribution in [2.24, 2.45) is 118 Å². The molecule has 0 amide bonds. The minimum Gasteiger partial charge on any atom is -0.466 e. The molecule has 0 spiro atoms. The normalized spacial score (nSPS) is 39.3. The molecule has 14 rings (SSSR count). The van der Waals surface area contributed by atoms with Gasteiger partial charge in [0.2, 0.25) is 0 Å². The monoisotopic (exact) mass is 1360 g/mol. The van der Waals surface area contributed by atoms with Gasteiger partial charge in [0, 0.05) is 47.3 Å². The van der Waals surface area contributed by atoms with Crippen molar-refractivity contribution in [3.05, 3.63) is 0 Å². The Labute approximate surface area is 567 Å². The second-order valence-corrected chi connectivity index (χ2v) is 31.2. The van der Waals surface area contributed by atoms with E-state index in [2.05, 4.69) is 0 Å². The van der Waals surface area contributed by atoms with Gasteiger partial charge < -0.3 is 56.8 Å². The first-order chi connectivity index (χ1) is 46.1. The van der Waals surface area contributed by atoms with Gasteiger partial charge in [-0.15, -0.1) is 0 Å². The van der Waals surface area contributed by atoms with E-state index in [9.17, 15) is 57.5 Å². The Morgan fingerprint density at radius 3 is 0.887 bits per heavy atom. The molecule has 14 fully saturated rings. The summed E-state index contributed by atoms with van der Waals surface area (Å²) < 4.78 is 66.6. The SMILES string of the molecule is CCC(C)C(=O)OC1C2CC3C1OC(=O)C3C2C(=O)OC(C)(C)C.CCC(C)C(=O)OC1C2CC3C1OC(=O)C3C2C(=O)OC1CCCC1.CCC(C)C(=O)OC1C2CC3C1OC(=O)C3C2C(=O)OC1CCCCC1.CCOC(=O)C1C2CC3C(OC(=O)C31)C2OC(=O)C(C)CC. The Balaban J connectivity index is 0.000000131. The summed E-state index contributed by atoms with van der Waals surface area (Å²) in [6.07, 6.45) is 10.9. The Bertz CT molecular complexity index is 3030. The van der Waals surface area contributed by atoms with Crippen molar-refractivity contribution in [3.63, 3.8) is 0 Å². The van der Waals surface area contributed by atoms with Crippen LogP contribution in [0.5, 0.6) is 0 Å². The molecule has 4 saturated heterocycles. The lowest BCUT2D eigenvalue weighted by atomic mass is 9.78. The first-order valence-corrected chi connectivity index (χ1v) is 36.6. The second kappa shape index (κ2) is 29.1. The van der Waals surface area contributed by atoms with E-state index in [1.54, 1.807) is 27.7 Å². The fourth-order valence-corrected chi connectivity index (χ4v) is 18.8. The number of hydrogen-bond acceptors (Lipinski definition) is 24. The molecule has 14 aliphatic rings. The van der Waals surface area contributed by atoms with E-state index >= 15 is 0 Å². The molecule has 0 N–H and O–H groups in total. The largest absolute Gasteiger partial charge is 0.466 e. The fraction of sp³-hybridized carbons (Fsp3) is 0.836. The maximum Gasteiger partial charge on any atom is 0.310 e. The van der Waals surface area contributed by atoms with Gasteiger partial charge in [-0.05, 0) is 130 Å². The molecule has 24 heteroatoms. The van der Waals surface area contributed by atoms with Crippen LogP contribution in [-0.4, -0.2) is 145 Å². The first kappa shape index (κ1) is 71.9. The number of carbonyl (C=O) groups excluding carboxylic acids is 12. The average molecular weight is 1360 g/mol. The molecular formula is C73H102O24. The zero-order valence-electron chi connectivity index (χ0n) is 58.3. The summed E-state index contributed by atoms with van der Waals surface area (Å²) in [6.45, 7) is 22.4. The number of esters is 12. The zero-order chi connectivity index (χ0) is 70.0. The standard InChI is InChI=1S/C20H28O6.C19H26O6.C18H26O6.C16H22O6/c1-3-10(2)18(21)25-16-12-9-13-15(20(23)26-17(13)16)14(12)19(22)24-11-7-5-4-6-8-11;1-3-9(2)17(20)24-15-11-8-12-14(19(22)25-16(12)15)13(11)18(21)23-10-6-4-5-7-10;1-6-8(2)15(19)22-13-10-7-9-11(16(20)23-14(9)13)12(10)17(21)24-18(3,4)5;1-4-7(3)14(17)21-12-8-6-9-11(16(19)22-13(9)12)10(8)15(18)20-5-2/h10-17H,3-9H2,1-2H3;9-16H,3-8H2,1-2H3;8-14H,6-7H2,1-5H3;7-13H,4-6H2,1-3H3. The third-order valence-electron chi connectivity index (χ3n) is 24.5. The van der Waals surface area contributed by atoms with E-state index in [1.165, 1.54) is 6.42 Å². The molecule has 24 nitrogen and oxygen atoms in total. The summed E-state index contributed by atoms with van der Waals surface area (Å²) in [7, 11) is 0. The highest BCUT2D eigenvalue weighted by atomic mass is 16.6. The quantitative estimate of drug-likeness (QED) is 0.0867. The van der Waals surface area contributed by atoms with Crippen LogP contribution in [0.3, 0.4) is 0 Å². The second-order valence-electron chi connectivity index (χ2n) is 31.2. The van der Waals surface area contributed by atoms with Crippen LogP contribution in [0, 0.1) is 118 Å². The van der Waals surface area contributed by atoms with Crippen LogP contribution < -0.4 is 0 Å². The van der Waals surface area contributed by atoms with Gasteiger partial charge in [0.25, 0.3) is 0 Å². The van der Waals surface area contributed by atoms with Crippen molar-refractivity contribution < 1.29 is 114 Å². The van der Waals surface area contributed by atoms with Gasteiger partial charge in [-0.2, -0.15) is 0 Å². The van der Waals surface area contributed by atoms with Crippen LogP contribution in [0.15, 0.2) is 0 Å². The Hall–Kier alpha value is -6.36. The lowest BCUT2D eigenvalue weighted by Crippen LogP contribution is -2.45. The van der Waals surface area contributed by atoms with E-state index in [-0.39, 0.29) is 180 Å². The summed E-state index contributed by atoms with van der Waals surface area (Å²) in [5.74, 6) is -9.31. The van der Waals surface area contributed by atoms with Crippen molar-refractivity contribution in [3.8, 4) is 0 Å². The van der Waals surface area contributed by atoms with Gasteiger partial charge in [0.1, 0.15) is 66.6 Å². The molecule has 0 aromatic carbocycles. The molecule has 538 valence electrons. The van der Waals surface area contributed by atoms with Crippen LogP contribution in [0.25, 0.3) is 0 Å². The minimum atomic E-state index is -0.621. The average Bonchev–Trinajstić information content (AvgIpc) is 1.58. The maximum absolute atomic E-state index is 12.9. The molecule has 0 aromatic heterocycles. The van der Waals surface area contributed by atoms with Gasteiger partial charge in [-0.25, -0.2) is 0 Å². The molecule has 4 aliphatic heterocycles. The van der Waals surface area contributed by atoms with Gasteiger partial charge in [-0.3, -0.25) is 57.5 Å². The molecule has 28 unspecified atom stereocenters. The summed E-state index contributed by atoms with van der Waals surface area (Å²) in [6, 6.07) is 0.